The van der Waals surface area contributed by atoms with Crippen molar-refractivity contribution in [3.05, 3.63) is 41.0 Å². The summed E-state index contributed by atoms with van der Waals surface area (Å²) in [5.74, 6) is 0. The summed E-state index contributed by atoms with van der Waals surface area (Å²) in [5.41, 5.74) is 4.57. The summed E-state index contributed by atoms with van der Waals surface area (Å²) in [5, 5.41) is 8.86. The molecular formula is C12H11N. The van der Waals surface area contributed by atoms with E-state index in [0.29, 0.717) is 0 Å². The Labute approximate surface area is 78.3 Å². The van der Waals surface area contributed by atoms with Gasteiger partial charge >= 0.3 is 0 Å². The Morgan fingerprint density at radius 3 is 3.00 bits per heavy atom. The lowest BCUT2D eigenvalue weighted by Crippen LogP contribution is -1.87. The predicted molar refractivity (Wildman–Crippen MR) is 53.1 cm³/mol. The van der Waals surface area contributed by atoms with Crippen LogP contribution in [0.3, 0.4) is 0 Å². The third kappa shape index (κ3) is 1.25. The summed E-state index contributed by atoms with van der Waals surface area (Å²) in [6, 6.07) is 8.65. The molecule has 0 N–H and O–H groups in total. The summed E-state index contributed by atoms with van der Waals surface area (Å²) in [6.45, 7) is 2.13. The van der Waals surface area contributed by atoms with Gasteiger partial charge in [0.15, 0.2) is 0 Å². The molecule has 1 aromatic rings. The van der Waals surface area contributed by atoms with Gasteiger partial charge in [-0.3, -0.25) is 0 Å². The summed E-state index contributed by atoms with van der Waals surface area (Å²) in [6.07, 6.45) is 3.96. The van der Waals surface area contributed by atoms with E-state index in [1.54, 1.807) is 0 Å². The van der Waals surface area contributed by atoms with E-state index in [2.05, 4.69) is 31.2 Å². The Morgan fingerprint density at radius 2 is 2.31 bits per heavy atom. The van der Waals surface area contributed by atoms with E-state index in [0.717, 1.165) is 24.0 Å². The summed E-state index contributed by atoms with van der Waals surface area (Å²) >= 11 is 0. The van der Waals surface area contributed by atoms with Crippen molar-refractivity contribution < 1.29 is 0 Å². The lowest BCUT2D eigenvalue weighted by molar-refractivity contribution is 1.13. The number of benzene rings is 1. The quantitative estimate of drug-likeness (QED) is 0.634. The highest BCUT2D eigenvalue weighted by Gasteiger charge is 2.13. The molecule has 0 fully saturated rings. The molecule has 0 unspecified atom stereocenters. The van der Waals surface area contributed by atoms with Crippen LogP contribution in [0.5, 0.6) is 0 Å². The van der Waals surface area contributed by atoms with Crippen LogP contribution in [0.15, 0.2) is 24.3 Å². The third-order valence-electron chi connectivity index (χ3n) is 2.52. The van der Waals surface area contributed by atoms with Crippen molar-refractivity contribution in [2.24, 2.45) is 0 Å². The number of fused-ring (bicyclic) bond motifs is 1. The van der Waals surface area contributed by atoms with Crippen LogP contribution in [0.4, 0.5) is 0 Å². The first-order valence-corrected chi connectivity index (χ1v) is 4.57. The summed E-state index contributed by atoms with van der Waals surface area (Å²) in [4.78, 5) is 0. The second kappa shape index (κ2) is 3.06. The Kier molecular flexibility index (Phi) is 1.90. The topological polar surface area (TPSA) is 23.8 Å². The van der Waals surface area contributed by atoms with Crippen LogP contribution < -0.4 is 0 Å². The van der Waals surface area contributed by atoms with Crippen LogP contribution in [-0.4, -0.2) is 0 Å². The first-order chi connectivity index (χ1) is 6.35. The number of rotatable bonds is 1. The molecule has 0 saturated heterocycles. The Balaban J connectivity index is 2.51. The van der Waals surface area contributed by atoms with Gasteiger partial charge in [0.05, 0.1) is 11.6 Å². The number of hydrogen-bond acceptors (Lipinski definition) is 1. The third-order valence-corrected chi connectivity index (χ3v) is 2.52. The average Bonchev–Trinajstić information content (AvgIpc) is 2.59. The van der Waals surface area contributed by atoms with Gasteiger partial charge in [0.25, 0.3) is 0 Å². The summed E-state index contributed by atoms with van der Waals surface area (Å²) in [7, 11) is 0. The fourth-order valence-corrected chi connectivity index (χ4v) is 1.70. The zero-order valence-corrected chi connectivity index (χ0v) is 7.67. The van der Waals surface area contributed by atoms with Gasteiger partial charge in [0.1, 0.15) is 0 Å². The molecule has 0 radical (unpaired) electrons. The smallest absolute Gasteiger partial charge is 0.0994 e. The van der Waals surface area contributed by atoms with E-state index in [4.69, 9.17) is 5.26 Å². The van der Waals surface area contributed by atoms with E-state index in [-0.39, 0.29) is 0 Å². The molecule has 0 spiro atoms. The molecule has 0 atom stereocenters. The molecule has 0 heterocycles. The van der Waals surface area contributed by atoms with Crippen molar-refractivity contribution >= 4 is 5.57 Å². The lowest BCUT2D eigenvalue weighted by Gasteiger charge is -2.02. The molecule has 0 saturated carbocycles. The van der Waals surface area contributed by atoms with Gasteiger partial charge in [-0.25, -0.2) is 0 Å². The Bertz CT molecular complexity index is 408. The standard InChI is InChI=1S/C12H11N/c1-2-9-3-4-10-5-6-11(8-13)12(10)7-9/h3-4,6-7H,2,5H2,1H3. The van der Waals surface area contributed by atoms with Crippen molar-refractivity contribution in [2.45, 2.75) is 19.8 Å². The predicted octanol–water partition coefficient (Wildman–Crippen LogP) is 2.71. The molecule has 13 heavy (non-hydrogen) atoms. The van der Waals surface area contributed by atoms with E-state index in [9.17, 15) is 0 Å². The number of nitrogens with zero attached hydrogens (tertiary/aromatic N) is 1. The minimum atomic E-state index is 0.838. The molecule has 0 aliphatic heterocycles. The molecule has 1 heteroatoms. The van der Waals surface area contributed by atoms with Crippen LogP contribution >= 0.6 is 0 Å². The second-order valence-electron chi connectivity index (χ2n) is 3.28. The number of hydrogen-bond donors (Lipinski definition) is 0. The van der Waals surface area contributed by atoms with E-state index < -0.39 is 0 Å². The van der Waals surface area contributed by atoms with Crippen LogP contribution in [0.25, 0.3) is 5.57 Å². The lowest BCUT2D eigenvalue weighted by atomic mass is 10.0. The number of allylic oxidation sites excluding steroid dienone is 2. The molecule has 0 amide bonds. The van der Waals surface area contributed by atoms with Gasteiger partial charge in [-0.1, -0.05) is 31.2 Å². The van der Waals surface area contributed by atoms with Gasteiger partial charge in [-0.05, 0) is 29.5 Å². The van der Waals surface area contributed by atoms with Crippen LogP contribution in [0.2, 0.25) is 0 Å². The molecule has 0 aromatic heterocycles. The van der Waals surface area contributed by atoms with E-state index in [1.807, 2.05) is 6.08 Å². The monoisotopic (exact) mass is 169 g/mol. The highest BCUT2D eigenvalue weighted by Crippen LogP contribution is 2.27. The Morgan fingerprint density at radius 1 is 1.46 bits per heavy atom. The van der Waals surface area contributed by atoms with E-state index >= 15 is 0 Å². The van der Waals surface area contributed by atoms with Gasteiger partial charge in [-0.15, -0.1) is 0 Å². The molecule has 0 bridgehead atoms. The van der Waals surface area contributed by atoms with Crippen molar-refractivity contribution in [1.82, 2.24) is 0 Å². The molecular weight excluding hydrogens is 158 g/mol. The maximum Gasteiger partial charge on any atom is 0.0994 e. The van der Waals surface area contributed by atoms with Crippen molar-refractivity contribution in [3.63, 3.8) is 0 Å². The van der Waals surface area contributed by atoms with Gasteiger partial charge in [0.2, 0.25) is 0 Å². The largest absolute Gasteiger partial charge is 0.192 e. The van der Waals surface area contributed by atoms with Gasteiger partial charge < -0.3 is 0 Å². The molecule has 64 valence electrons. The van der Waals surface area contributed by atoms with Crippen molar-refractivity contribution in [3.8, 4) is 6.07 Å². The summed E-state index contributed by atoms with van der Waals surface area (Å²) < 4.78 is 0. The second-order valence-corrected chi connectivity index (χ2v) is 3.28. The van der Waals surface area contributed by atoms with Crippen molar-refractivity contribution in [1.29, 1.82) is 5.26 Å². The molecule has 1 nitrogen and oxygen atoms in total. The number of nitriles is 1. The highest BCUT2D eigenvalue weighted by atomic mass is 14.3. The zero-order chi connectivity index (χ0) is 9.26. The molecule has 2 rings (SSSR count). The first kappa shape index (κ1) is 8.07. The SMILES string of the molecule is CCc1ccc2c(c1)C(C#N)=CC2. The number of aryl methyl sites for hydroxylation is 1. The average molecular weight is 169 g/mol. The van der Waals surface area contributed by atoms with Gasteiger partial charge in [-0.2, -0.15) is 5.26 Å². The highest BCUT2D eigenvalue weighted by molar-refractivity contribution is 5.82. The molecule has 1 aliphatic rings. The fraction of sp³-hybridized carbons (Fsp3) is 0.250. The first-order valence-electron chi connectivity index (χ1n) is 4.57. The van der Waals surface area contributed by atoms with Crippen LogP contribution in [0.1, 0.15) is 23.6 Å². The van der Waals surface area contributed by atoms with Crippen LogP contribution in [-0.2, 0) is 12.8 Å². The minimum absolute atomic E-state index is 0.838. The normalized spacial score (nSPS) is 13.4. The minimum Gasteiger partial charge on any atom is -0.192 e. The van der Waals surface area contributed by atoms with E-state index in [1.165, 1.54) is 11.1 Å². The van der Waals surface area contributed by atoms with Gasteiger partial charge in [0, 0.05) is 0 Å². The zero-order valence-electron chi connectivity index (χ0n) is 7.67. The molecule has 1 aliphatic carbocycles. The molecule has 1 aromatic carbocycles. The Hall–Kier alpha value is -1.55. The van der Waals surface area contributed by atoms with Crippen LogP contribution in [0, 0.1) is 11.3 Å². The maximum atomic E-state index is 8.86. The fourth-order valence-electron chi connectivity index (χ4n) is 1.70. The van der Waals surface area contributed by atoms with Crippen molar-refractivity contribution in [2.75, 3.05) is 0 Å². The maximum absolute atomic E-state index is 8.86.